The highest BCUT2D eigenvalue weighted by molar-refractivity contribution is 6.19. The molecule has 0 bridgehead atoms. The summed E-state index contributed by atoms with van der Waals surface area (Å²) >= 11 is 0. The van der Waals surface area contributed by atoms with Crippen LogP contribution in [0.5, 0.6) is 0 Å². The first kappa shape index (κ1) is 19.6. The summed E-state index contributed by atoms with van der Waals surface area (Å²) in [7, 11) is 1.65. The highest BCUT2D eigenvalue weighted by atomic mass is 16.5. The highest BCUT2D eigenvalue weighted by Gasteiger charge is 2.30. The molecule has 0 unspecified atom stereocenters. The van der Waals surface area contributed by atoms with Crippen LogP contribution >= 0.6 is 0 Å². The number of pyridine rings is 2. The number of allylic oxidation sites excluding steroid dienone is 1. The molecule has 28 heavy (non-hydrogen) atoms. The van der Waals surface area contributed by atoms with Gasteiger partial charge in [0.25, 0.3) is 5.56 Å². The number of aromatic nitrogens is 2. The van der Waals surface area contributed by atoms with Crippen molar-refractivity contribution in [2.75, 3.05) is 0 Å². The van der Waals surface area contributed by atoms with Gasteiger partial charge in [-0.1, -0.05) is 17.4 Å². The minimum Gasteiger partial charge on any atom is -0.457 e. The lowest BCUT2D eigenvalue weighted by Crippen LogP contribution is -2.23. The number of aliphatic hydroxyl groups is 1. The molecular weight excluding hydrogens is 356 g/mol. The molecule has 0 aliphatic heterocycles. The number of ether oxygens (including phenoxy) is 1. The van der Waals surface area contributed by atoms with Gasteiger partial charge in [-0.3, -0.25) is 9.78 Å². The molecule has 0 atom stereocenters. The molecule has 0 saturated heterocycles. The van der Waals surface area contributed by atoms with Crippen molar-refractivity contribution in [1.82, 2.24) is 9.55 Å². The summed E-state index contributed by atoms with van der Waals surface area (Å²) in [5, 5.41) is 9.94. The first-order valence-corrected chi connectivity index (χ1v) is 8.91. The summed E-state index contributed by atoms with van der Waals surface area (Å²) in [4.78, 5) is 29.4. The Morgan fingerprint density at radius 2 is 2.04 bits per heavy atom. The van der Waals surface area contributed by atoms with E-state index in [2.05, 4.69) is 16.8 Å². The Morgan fingerprint density at radius 1 is 1.36 bits per heavy atom. The van der Waals surface area contributed by atoms with Crippen LogP contribution in [0, 0.1) is 11.8 Å². The van der Waals surface area contributed by atoms with E-state index in [4.69, 9.17) is 4.74 Å². The molecule has 6 nitrogen and oxygen atoms in total. The van der Waals surface area contributed by atoms with Crippen molar-refractivity contribution in [3.63, 3.8) is 0 Å². The van der Waals surface area contributed by atoms with E-state index < -0.39 is 11.6 Å². The van der Waals surface area contributed by atoms with Crippen LogP contribution in [0.3, 0.4) is 0 Å². The maximum Gasteiger partial charge on any atom is 0.339 e. The zero-order chi connectivity index (χ0) is 20.5. The molecule has 1 N–H and O–H groups in total. The molecule has 0 saturated carbocycles. The molecule has 0 aromatic carbocycles. The molecule has 1 aliphatic carbocycles. The van der Waals surface area contributed by atoms with Crippen LogP contribution in [0.4, 0.5) is 0 Å². The van der Waals surface area contributed by atoms with Crippen molar-refractivity contribution in [3.8, 4) is 11.8 Å². The maximum absolute atomic E-state index is 12.8. The predicted molar refractivity (Wildman–Crippen MR) is 105 cm³/mol. The second-order valence-electron chi connectivity index (χ2n) is 7.39. The summed E-state index contributed by atoms with van der Waals surface area (Å²) in [6.45, 7) is 5.08. The number of carbonyl (C=O) groups excluding carboxylic acids is 1. The minimum absolute atomic E-state index is 0.114. The Morgan fingerprint density at radius 3 is 2.68 bits per heavy atom. The lowest BCUT2D eigenvalue weighted by Gasteiger charge is -2.12. The van der Waals surface area contributed by atoms with Gasteiger partial charge in [-0.05, 0) is 38.5 Å². The van der Waals surface area contributed by atoms with E-state index in [1.54, 1.807) is 51.6 Å². The monoisotopic (exact) mass is 378 g/mol. The Kier molecular flexibility index (Phi) is 5.21. The summed E-state index contributed by atoms with van der Waals surface area (Å²) in [5.74, 6) is 5.18. The van der Waals surface area contributed by atoms with E-state index in [9.17, 15) is 14.7 Å². The number of hydrogen-bond acceptors (Lipinski definition) is 5. The lowest BCUT2D eigenvalue weighted by atomic mass is 10.00. The molecule has 0 radical (unpaired) electrons. The average Bonchev–Trinajstić information content (AvgIpc) is 2.99. The van der Waals surface area contributed by atoms with Crippen LogP contribution in [0.2, 0.25) is 0 Å². The number of esters is 1. The minimum atomic E-state index is -1.19. The van der Waals surface area contributed by atoms with E-state index >= 15 is 0 Å². The molecule has 2 aromatic heterocycles. The van der Waals surface area contributed by atoms with Gasteiger partial charge in [-0.15, -0.1) is 0 Å². The smallest absolute Gasteiger partial charge is 0.339 e. The van der Waals surface area contributed by atoms with Gasteiger partial charge in [0, 0.05) is 48.7 Å². The molecule has 0 amide bonds. The fourth-order valence-corrected chi connectivity index (χ4v) is 3.11. The van der Waals surface area contributed by atoms with Gasteiger partial charge < -0.3 is 14.4 Å². The van der Waals surface area contributed by atoms with Crippen molar-refractivity contribution < 1.29 is 14.6 Å². The number of aryl methyl sites for hydroxylation is 1. The Hall–Kier alpha value is -3.17. The van der Waals surface area contributed by atoms with Crippen molar-refractivity contribution in [2.45, 2.75) is 39.4 Å². The van der Waals surface area contributed by atoms with Crippen molar-refractivity contribution >= 4 is 11.5 Å². The van der Waals surface area contributed by atoms with E-state index in [-0.39, 0.29) is 12.2 Å². The van der Waals surface area contributed by atoms with E-state index in [1.807, 2.05) is 6.92 Å². The third kappa shape index (κ3) is 4.05. The van der Waals surface area contributed by atoms with Crippen LogP contribution in [-0.2, 0) is 29.6 Å². The summed E-state index contributed by atoms with van der Waals surface area (Å²) in [6, 6.07) is 3.54. The van der Waals surface area contributed by atoms with E-state index in [0.29, 0.717) is 28.7 Å². The zero-order valence-electron chi connectivity index (χ0n) is 16.4. The molecule has 144 valence electrons. The molecule has 0 spiro atoms. The summed E-state index contributed by atoms with van der Waals surface area (Å²) in [6.07, 6.45) is 5.23. The standard InChI is InChI=1S/C22H22N2O4/c1-14-11-17-19(16(5-8-22(2,3)27)12-24(4)20(17)25)18(14)21(26)28-13-15-6-9-23-10-7-15/h6-7,9-10,12,27H,11,13H2,1-4H3. The van der Waals surface area contributed by atoms with E-state index in [0.717, 1.165) is 11.1 Å². The number of carbonyl (C=O) groups is 1. The fraction of sp³-hybridized carbons (Fsp3) is 0.318. The van der Waals surface area contributed by atoms with E-state index in [1.165, 1.54) is 4.57 Å². The van der Waals surface area contributed by atoms with Crippen molar-refractivity contribution in [3.05, 3.63) is 68.9 Å². The molecule has 6 heteroatoms. The molecule has 1 aliphatic rings. The van der Waals surface area contributed by atoms with Gasteiger partial charge in [-0.2, -0.15) is 0 Å². The second-order valence-corrected chi connectivity index (χ2v) is 7.39. The zero-order valence-corrected chi connectivity index (χ0v) is 16.4. The van der Waals surface area contributed by atoms with Crippen LogP contribution in [0.1, 0.15) is 43.0 Å². The maximum atomic E-state index is 12.8. The van der Waals surface area contributed by atoms with Gasteiger partial charge in [0.2, 0.25) is 0 Å². The van der Waals surface area contributed by atoms with Gasteiger partial charge >= 0.3 is 5.97 Å². The predicted octanol–water partition coefficient (Wildman–Crippen LogP) is 1.98. The molecule has 2 heterocycles. The topological polar surface area (TPSA) is 81.4 Å². The van der Waals surface area contributed by atoms with Gasteiger partial charge in [0.05, 0.1) is 5.57 Å². The van der Waals surface area contributed by atoms with Crippen LogP contribution < -0.4 is 5.56 Å². The SMILES string of the molecule is CC1=C(C(=O)OCc2ccncc2)c2c(C#CC(C)(C)O)cn(C)c(=O)c2C1. The Bertz CT molecular complexity index is 1080. The number of fused-ring (bicyclic) bond motifs is 1. The third-order valence-corrected chi connectivity index (χ3v) is 4.42. The van der Waals surface area contributed by atoms with Gasteiger partial charge in [0.1, 0.15) is 12.2 Å². The van der Waals surface area contributed by atoms with Crippen LogP contribution in [0.15, 0.2) is 41.1 Å². The number of nitrogens with zero attached hydrogens (tertiary/aromatic N) is 2. The summed E-state index contributed by atoms with van der Waals surface area (Å²) < 4.78 is 6.93. The van der Waals surface area contributed by atoms with Crippen LogP contribution in [0.25, 0.3) is 5.57 Å². The quantitative estimate of drug-likeness (QED) is 0.652. The molecule has 0 fully saturated rings. The highest BCUT2D eigenvalue weighted by Crippen LogP contribution is 2.34. The average molecular weight is 378 g/mol. The molecule has 3 rings (SSSR count). The Labute approximate surface area is 163 Å². The number of hydrogen-bond donors (Lipinski definition) is 1. The normalized spacial score (nSPS) is 13.0. The molecule has 2 aromatic rings. The second kappa shape index (κ2) is 7.45. The summed E-state index contributed by atoms with van der Waals surface area (Å²) in [5.41, 5.74) is 2.17. The van der Waals surface area contributed by atoms with Gasteiger partial charge in [-0.25, -0.2) is 4.79 Å². The first-order valence-electron chi connectivity index (χ1n) is 8.91. The molecular formula is C22H22N2O4. The van der Waals surface area contributed by atoms with Crippen molar-refractivity contribution in [1.29, 1.82) is 0 Å². The first-order chi connectivity index (χ1) is 13.2. The fourth-order valence-electron chi connectivity index (χ4n) is 3.11. The number of rotatable bonds is 3. The largest absolute Gasteiger partial charge is 0.457 e. The van der Waals surface area contributed by atoms with Crippen molar-refractivity contribution in [2.24, 2.45) is 7.05 Å². The third-order valence-electron chi connectivity index (χ3n) is 4.42. The lowest BCUT2D eigenvalue weighted by molar-refractivity contribution is -0.137. The van der Waals surface area contributed by atoms with Gasteiger partial charge in [0.15, 0.2) is 0 Å². The van der Waals surface area contributed by atoms with Crippen LogP contribution in [-0.4, -0.2) is 26.2 Å². The Balaban J connectivity index is 2.01.